The lowest BCUT2D eigenvalue weighted by Gasteiger charge is -2.05. The van der Waals surface area contributed by atoms with Gasteiger partial charge in [-0.3, -0.25) is 4.57 Å². The summed E-state index contributed by atoms with van der Waals surface area (Å²) in [4.78, 5) is 18.7. The van der Waals surface area contributed by atoms with Crippen LogP contribution in [0.25, 0.3) is 10.9 Å². The van der Waals surface area contributed by atoms with Gasteiger partial charge in [-0.15, -0.1) is 0 Å². The second-order valence-corrected chi connectivity index (χ2v) is 4.07. The molecule has 7 heteroatoms. The van der Waals surface area contributed by atoms with E-state index >= 15 is 0 Å². The van der Waals surface area contributed by atoms with Crippen molar-refractivity contribution < 1.29 is 14.6 Å². The summed E-state index contributed by atoms with van der Waals surface area (Å²) in [5.74, 6) is 1.18. The number of nitrogens with zero attached hydrogens (tertiary/aromatic N) is 3. The first-order valence-electron chi connectivity index (χ1n) is 5.73. The zero-order valence-electron chi connectivity index (χ0n) is 10.2. The molecular formula is C13H10N4O3. The predicted molar refractivity (Wildman–Crippen MR) is 71.9 cm³/mol. The maximum absolute atomic E-state index is 11.0. The van der Waals surface area contributed by atoms with Crippen molar-refractivity contribution >= 4 is 22.8 Å². The van der Waals surface area contributed by atoms with E-state index in [2.05, 4.69) is 9.97 Å². The third kappa shape index (κ3) is 2.12. The second-order valence-electron chi connectivity index (χ2n) is 4.07. The molecule has 3 N–H and O–H groups in total. The number of rotatable bonds is 2. The molecule has 0 aliphatic rings. The summed E-state index contributed by atoms with van der Waals surface area (Å²) in [5.41, 5.74) is 6.13. The van der Waals surface area contributed by atoms with Gasteiger partial charge in [-0.2, -0.15) is 0 Å². The molecule has 0 atom stereocenters. The van der Waals surface area contributed by atoms with Gasteiger partial charge in [-0.1, -0.05) is 0 Å². The van der Waals surface area contributed by atoms with Crippen LogP contribution in [0, 0.1) is 0 Å². The lowest BCUT2D eigenvalue weighted by Crippen LogP contribution is -2.05. The number of hydrogen-bond acceptors (Lipinski definition) is 5. The molecule has 100 valence electrons. The minimum Gasteiger partial charge on any atom is -0.464 e. The first-order chi connectivity index (χ1) is 9.63. The lowest BCUT2D eigenvalue weighted by molar-refractivity contribution is 0.197. The van der Waals surface area contributed by atoms with Gasteiger partial charge in [0.25, 0.3) is 0 Å². The number of benzene rings is 1. The number of carbonyl (C=O) groups is 1. The van der Waals surface area contributed by atoms with Crippen molar-refractivity contribution in [2.75, 3.05) is 5.73 Å². The summed E-state index contributed by atoms with van der Waals surface area (Å²) in [6, 6.07) is 8.27. The highest BCUT2D eigenvalue weighted by Crippen LogP contribution is 2.25. The van der Waals surface area contributed by atoms with Gasteiger partial charge in [-0.25, -0.2) is 14.8 Å². The molecule has 0 radical (unpaired) electrons. The highest BCUT2D eigenvalue weighted by atomic mass is 16.5. The number of nitrogens with two attached hydrogens (primary N) is 1. The average molecular weight is 270 g/mol. The van der Waals surface area contributed by atoms with E-state index in [1.165, 1.54) is 18.6 Å². The SMILES string of the molecule is Nc1cc(Oc2ccc3c(ccn3C(=O)O)c2)ncn1. The Morgan fingerprint density at radius 2 is 2.10 bits per heavy atom. The van der Waals surface area contributed by atoms with Gasteiger partial charge in [0.15, 0.2) is 0 Å². The molecule has 0 aliphatic carbocycles. The molecule has 3 rings (SSSR count). The van der Waals surface area contributed by atoms with Gasteiger partial charge in [0, 0.05) is 17.6 Å². The molecule has 0 aliphatic heterocycles. The molecule has 0 spiro atoms. The molecule has 2 heterocycles. The maximum atomic E-state index is 11.0. The second kappa shape index (κ2) is 4.54. The summed E-state index contributed by atoms with van der Waals surface area (Å²) < 4.78 is 6.69. The third-order valence-corrected chi connectivity index (χ3v) is 2.75. The number of carboxylic acid groups (broad SMARTS) is 1. The summed E-state index contributed by atoms with van der Waals surface area (Å²) >= 11 is 0. The van der Waals surface area contributed by atoms with Crippen molar-refractivity contribution in [2.24, 2.45) is 0 Å². The highest BCUT2D eigenvalue weighted by Gasteiger charge is 2.08. The van der Waals surface area contributed by atoms with E-state index in [-0.39, 0.29) is 0 Å². The van der Waals surface area contributed by atoms with Gasteiger partial charge >= 0.3 is 6.09 Å². The van der Waals surface area contributed by atoms with Crippen LogP contribution < -0.4 is 10.5 Å². The van der Waals surface area contributed by atoms with Gasteiger partial charge < -0.3 is 15.6 Å². The molecule has 3 aromatic rings. The zero-order chi connectivity index (χ0) is 14.1. The fourth-order valence-corrected chi connectivity index (χ4v) is 1.88. The van der Waals surface area contributed by atoms with E-state index in [9.17, 15) is 4.79 Å². The molecule has 7 nitrogen and oxygen atoms in total. The van der Waals surface area contributed by atoms with Crippen LogP contribution in [-0.4, -0.2) is 25.7 Å². The van der Waals surface area contributed by atoms with Crippen molar-refractivity contribution in [1.82, 2.24) is 14.5 Å². The normalized spacial score (nSPS) is 10.6. The number of aromatic nitrogens is 3. The van der Waals surface area contributed by atoms with Crippen LogP contribution in [0.1, 0.15) is 0 Å². The summed E-state index contributed by atoms with van der Waals surface area (Å²) in [5, 5.41) is 9.76. The van der Waals surface area contributed by atoms with Crippen LogP contribution in [0.5, 0.6) is 11.6 Å². The van der Waals surface area contributed by atoms with E-state index in [1.807, 2.05) is 0 Å². The predicted octanol–water partition coefficient (Wildman–Crippen LogP) is 2.33. The van der Waals surface area contributed by atoms with E-state index in [0.717, 1.165) is 9.95 Å². The number of fused-ring (bicyclic) bond motifs is 1. The highest BCUT2D eigenvalue weighted by molar-refractivity contribution is 5.89. The van der Waals surface area contributed by atoms with Gasteiger partial charge in [-0.05, 0) is 24.3 Å². The quantitative estimate of drug-likeness (QED) is 0.740. The number of anilines is 1. The smallest absolute Gasteiger partial charge is 0.415 e. The van der Waals surface area contributed by atoms with Crippen LogP contribution in [0.3, 0.4) is 0 Å². The first-order valence-corrected chi connectivity index (χ1v) is 5.73. The van der Waals surface area contributed by atoms with Crippen LogP contribution in [0.15, 0.2) is 42.9 Å². The van der Waals surface area contributed by atoms with E-state index in [4.69, 9.17) is 15.6 Å². The Bertz CT molecular complexity index is 797. The topological polar surface area (TPSA) is 103 Å². The van der Waals surface area contributed by atoms with Crippen LogP contribution in [0.2, 0.25) is 0 Å². The first kappa shape index (κ1) is 12.0. The number of ether oxygens (including phenoxy) is 1. The molecule has 0 fully saturated rings. The third-order valence-electron chi connectivity index (χ3n) is 2.75. The molecule has 20 heavy (non-hydrogen) atoms. The Labute approximate surface area is 113 Å². The van der Waals surface area contributed by atoms with Gasteiger partial charge in [0.2, 0.25) is 5.88 Å². The largest absolute Gasteiger partial charge is 0.464 e. The minimum absolute atomic E-state index is 0.313. The Kier molecular flexibility index (Phi) is 2.72. The summed E-state index contributed by atoms with van der Waals surface area (Å²) in [6.45, 7) is 0. The van der Waals surface area contributed by atoms with Crippen molar-refractivity contribution in [3.8, 4) is 11.6 Å². The monoisotopic (exact) mass is 270 g/mol. The summed E-state index contributed by atoms with van der Waals surface area (Å²) in [6.07, 6.45) is 1.76. The molecule has 0 bridgehead atoms. The number of nitrogen functional groups attached to an aromatic ring is 1. The average Bonchev–Trinajstić information content (AvgIpc) is 2.82. The van der Waals surface area contributed by atoms with Gasteiger partial charge in [0.05, 0.1) is 5.52 Å². The zero-order valence-corrected chi connectivity index (χ0v) is 10.2. The summed E-state index contributed by atoms with van der Waals surface area (Å²) in [7, 11) is 0. The Hall–Kier alpha value is -3.09. The van der Waals surface area contributed by atoms with Crippen LogP contribution in [0.4, 0.5) is 10.6 Å². The lowest BCUT2D eigenvalue weighted by atomic mass is 10.2. The molecule has 0 saturated heterocycles. The number of hydrogen-bond donors (Lipinski definition) is 2. The van der Waals surface area contributed by atoms with E-state index in [1.54, 1.807) is 24.3 Å². The molecule has 0 amide bonds. The van der Waals surface area contributed by atoms with E-state index < -0.39 is 6.09 Å². The van der Waals surface area contributed by atoms with Crippen molar-refractivity contribution in [1.29, 1.82) is 0 Å². The van der Waals surface area contributed by atoms with Crippen LogP contribution >= 0.6 is 0 Å². The van der Waals surface area contributed by atoms with Crippen molar-refractivity contribution in [2.45, 2.75) is 0 Å². The molecule has 2 aromatic heterocycles. The van der Waals surface area contributed by atoms with Crippen LogP contribution in [-0.2, 0) is 0 Å². The molecular weight excluding hydrogens is 260 g/mol. The standard InChI is InChI=1S/C13H10N4O3/c14-11-6-12(16-7-15-11)20-9-1-2-10-8(5-9)3-4-17(10)13(18)19/h1-7H,(H,18,19)(H2,14,15,16). The van der Waals surface area contributed by atoms with E-state index in [0.29, 0.717) is 23.0 Å². The fourth-order valence-electron chi connectivity index (χ4n) is 1.88. The van der Waals surface area contributed by atoms with Crippen molar-refractivity contribution in [3.63, 3.8) is 0 Å². The van der Waals surface area contributed by atoms with Gasteiger partial charge in [0.1, 0.15) is 17.9 Å². The molecule has 1 aromatic carbocycles. The van der Waals surface area contributed by atoms with Crippen molar-refractivity contribution in [3.05, 3.63) is 42.9 Å². The maximum Gasteiger partial charge on any atom is 0.415 e. The Balaban J connectivity index is 1.95. The fraction of sp³-hybridized carbons (Fsp3) is 0. The Morgan fingerprint density at radius 3 is 2.85 bits per heavy atom. The Morgan fingerprint density at radius 1 is 1.25 bits per heavy atom. The molecule has 0 saturated carbocycles. The molecule has 0 unspecified atom stereocenters. The minimum atomic E-state index is -1.03.